The van der Waals surface area contributed by atoms with Crippen LogP contribution in [0.2, 0.25) is 0 Å². The van der Waals surface area contributed by atoms with Crippen molar-refractivity contribution in [2.24, 2.45) is 0 Å². The van der Waals surface area contributed by atoms with Crippen molar-refractivity contribution in [2.75, 3.05) is 17.2 Å². The Morgan fingerprint density at radius 1 is 0.812 bits per heavy atom. The molecular weight excluding hydrogens is 400 g/mol. The minimum atomic E-state index is -0.0364. The highest BCUT2D eigenvalue weighted by Crippen LogP contribution is 2.22. The molecule has 0 radical (unpaired) electrons. The Morgan fingerprint density at radius 3 is 2.25 bits per heavy atom. The van der Waals surface area contributed by atoms with Crippen LogP contribution in [0.3, 0.4) is 0 Å². The van der Waals surface area contributed by atoms with Gasteiger partial charge in [-0.1, -0.05) is 48.5 Å². The van der Waals surface area contributed by atoms with Gasteiger partial charge in [-0.2, -0.15) is 0 Å². The molecule has 0 spiro atoms. The summed E-state index contributed by atoms with van der Waals surface area (Å²) < 4.78 is 5.62. The van der Waals surface area contributed by atoms with Crippen LogP contribution in [-0.2, 0) is 4.79 Å². The normalized spacial score (nSPS) is 10.4. The maximum atomic E-state index is 12.2. The van der Waals surface area contributed by atoms with E-state index in [1.807, 2.05) is 91.0 Å². The first-order valence-electron chi connectivity index (χ1n) is 10.5. The lowest BCUT2D eigenvalue weighted by Gasteiger charge is -2.09. The van der Waals surface area contributed by atoms with Crippen molar-refractivity contribution in [3.8, 4) is 17.0 Å². The number of anilines is 3. The molecule has 0 aliphatic carbocycles. The van der Waals surface area contributed by atoms with E-state index in [1.165, 1.54) is 0 Å². The van der Waals surface area contributed by atoms with E-state index >= 15 is 0 Å². The average Bonchev–Trinajstić information content (AvgIpc) is 2.84. The van der Waals surface area contributed by atoms with Gasteiger partial charge in [-0.05, 0) is 42.8 Å². The molecule has 6 heteroatoms. The summed E-state index contributed by atoms with van der Waals surface area (Å²) in [6.07, 6.45) is 2.59. The highest BCUT2D eigenvalue weighted by Gasteiger charge is 2.05. The summed E-state index contributed by atoms with van der Waals surface area (Å²) in [5, 5.41) is 6.19. The van der Waals surface area contributed by atoms with E-state index in [9.17, 15) is 4.79 Å². The molecule has 0 aliphatic rings. The average molecular weight is 425 g/mol. The number of benzene rings is 3. The third-order valence-corrected chi connectivity index (χ3v) is 4.74. The molecule has 32 heavy (non-hydrogen) atoms. The molecule has 2 N–H and O–H groups in total. The molecule has 4 aromatic rings. The fraction of sp³-hybridized carbons (Fsp3) is 0.115. The third kappa shape index (κ3) is 6.15. The van der Waals surface area contributed by atoms with Crippen LogP contribution in [0.5, 0.6) is 5.75 Å². The maximum Gasteiger partial charge on any atom is 0.224 e. The molecule has 0 aliphatic heterocycles. The first kappa shape index (κ1) is 21.1. The molecule has 0 bridgehead atoms. The number of para-hydroxylation sites is 1. The Labute approximate surface area is 187 Å². The SMILES string of the molecule is O=C(CCCOc1ccccc1)Nc1ccc(Nc2cc(-c3ccccc3)ncn2)cc1. The molecule has 6 nitrogen and oxygen atoms in total. The standard InChI is InChI=1S/C26H24N4O2/c31-26(12-7-17-32-23-10-5-2-6-11-23)30-22-15-13-21(14-16-22)29-25-18-24(27-19-28-25)20-8-3-1-4-9-20/h1-6,8-11,13-16,18-19H,7,12,17H2,(H,30,31)(H,27,28,29). The lowest BCUT2D eigenvalue weighted by Crippen LogP contribution is -2.12. The van der Waals surface area contributed by atoms with Crippen LogP contribution in [0.15, 0.2) is 97.3 Å². The first-order valence-corrected chi connectivity index (χ1v) is 10.5. The number of ether oxygens (including phenoxy) is 1. The molecule has 3 aromatic carbocycles. The second-order valence-corrected chi connectivity index (χ2v) is 7.17. The molecule has 0 saturated heterocycles. The zero-order valence-electron chi connectivity index (χ0n) is 17.6. The number of carbonyl (C=O) groups is 1. The monoisotopic (exact) mass is 424 g/mol. The fourth-order valence-electron chi connectivity index (χ4n) is 3.14. The number of carbonyl (C=O) groups excluding carboxylic acids is 1. The van der Waals surface area contributed by atoms with Crippen molar-refractivity contribution >= 4 is 23.1 Å². The topological polar surface area (TPSA) is 76.1 Å². The van der Waals surface area contributed by atoms with Crippen molar-refractivity contribution < 1.29 is 9.53 Å². The van der Waals surface area contributed by atoms with Gasteiger partial charge in [0.05, 0.1) is 12.3 Å². The van der Waals surface area contributed by atoms with Gasteiger partial charge in [0.2, 0.25) is 5.91 Å². The van der Waals surface area contributed by atoms with Crippen LogP contribution >= 0.6 is 0 Å². The lowest BCUT2D eigenvalue weighted by atomic mass is 10.1. The van der Waals surface area contributed by atoms with Crippen molar-refractivity contribution in [3.05, 3.63) is 97.3 Å². The fourth-order valence-corrected chi connectivity index (χ4v) is 3.14. The zero-order chi connectivity index (χ0) is 22.0. The molecule has 0 atom stereocenters. The number of amides is 1. The van der Waals surface area contributed by atoms with Gasteiger partial charge in [-0.15, -0.1) is 0 Å². The predicted molar refractivity (Wildman–Crippen MR) is 127 cm³/mol. The molecule has 160 valence electrons. The largest absolute Gasteiger partial charge is 0.494 e. The first-order chi connectivity index (χ1) is 15.8. The molecule has 0 unspecified atom stereocenters. The highest BCUT2D eigenvalue weighted by molar-refractivity contribution is 5.90. The van der Waals surface area contributed by atoms with Crippen LogP contribution in [0.25, 0.3) is 11.3 Å². The van der Waals surface area contributed by atoms with Crippen LogP contribution in [0, 0.1) is 0 Å². The summed E-state index contributed by atoms with van der Waals surface area (Å²) in [5.74, 6) is 1.48. The molecule has 0 fully saturated rings. The van der Waals surface area contributed by atoms with Crippen LogP contribution < -0.4 is 15.4 Å². The van der Waals surface area contributed by atoms with Gasteiger partial charge >= 0.3 is 0 Å². The van der Waals surface area contributed by atoms with Crippen molar-refractivity contribution in [2.45, 2.75) is 12.8 Å². The lowest BCUT2D eigenvalue weighted by molar-refractivity contribution is -0.116. The van der Waals surface area contributed by atoms with Crippen molar-refractivity contribution in [1.82, 2.24) is 9.97 Å². The Hall–Kier alpha value is -4.19. The van der Waals surface area contributed by atoms with Crippen molar-refractivity contribution in [1.29, 1.82) is 0 Å². The highest BCUT2D eigenvalue weighted by atomic mass is 16.5. The summed E-state index contributed by atoms with van der Waals surface area (Å²) in [6.45, 7) is 0.504. The predicted octanol–water partition coefficient (Wildman–Crippen LogP) is 5.68. The van der Waals surface area contributed by atoms with E-state index in [-0.39, 0.29) is 5.91 Å². The third-order valence-electron chi connectivity index (χ3n) is 4.74. The quantitative estimate of drug-likeness (QED) is 0.338. The number of rotatable bonds is 9. The summed E-state index contributed by atoms with van der Waals surface area (Å²) in [6, 6.07) is 29.0. The second kappa shape index (κ2) is 10.7. The summed E-state index contributed by atoms with van der Waals surface area (Å²) >= 11 is 0. The smallest absolute Gasteiger partial charge is 0.224 e. The number of nitrogens with one attached hydrogen (secondary N) is 2. The Bertz CT molecular complexity index is 1130. The van der Waals surface area contributed by atoms with Crippen LogP contribution in [0.4, 0.5) is 17.2 Å². The van der Waals surface area contributed by atoms with Crippen LogP contribution in [-0.4, -0.2) is 22.5 Å². The molecule has 1 heterocycles. The van der Waals surface area contributed by atoms with Gasteiger partial charge in [-0.25, -0.2) is 9.97 Å². The van der Waals surface area contributed by atoms with Gasteiger partial charge in [0.15, 0.2) is 0 Å². The maximum absolute atomic E-state index is 12.2. The molecule has 1 aromatic heterocycles. The van der Waals surface area contributed by atoms with E-state index in [0.717, 1.165) is 28.4 Å². The van der Waals surface area contributed by atoms with Gasteiger partial charge < -0.3 is 15.4 Å². The zero-order valence-corrected chi connectivity index (χ0v) is 17.6. The Morgan fingerprint density at radius 2 is 1.50 bits per heavy atom. The number of hydrogen-bond donors (Lipinski definition) is 2. The van der Waals surface area contributed by atoms with Gasteiger partial charge in [0, 0.05) is 29.4 Å². The second-order valence-electron chi connectivity index (χ2n) is 7.17. The van der Waals surface area contributed by atoms with Crippen LogP contribution in [0.1, 0.15) is 12.8 Å². The van der Waals surface area contributed by atoms with E-state index in [2.05, 4.69) is 20.6 Å². The number of aromatic nitrogens is 2. The van der Waals surface area contributed by atoms with E-state index in [0.29, 0.717) is 25.3 Å². The van der Waals surface area contributed by atoms with Gasteiger partial charge in [0.1, 0.15) is 17.9 Å². The molecule has 1 amide bonds. The van der Waals surface area contributed by atoms with E-state index in [4.69, 9.17) is 4.74 Å². The number of hydrogen-bond acceptors (Lipinski definition) is 5. The van der Waals surface area contributed by atoms with Gasteiger partial charge in [-0.3, -0.25) is 4.79 Å². The minimum Gasteiger partial charge on any atom is -0.494 e. The Kier molecular flexibility index (Phi) is 7.06. The summed E-state index contributed by atoms with van der Waals surface area (Å²) in [4.78, 5) is 20.8. The Balaban J connectivity index is 1.25. The molecule has 4 rings (SSSR count). The molecular formula is C26H24N4O2. The number of nitrogens with zero attached hydrogens (tertiary/aromatic N) is 2. The summed E-state index contributed by atoms with van der Waals surface area (Å²) in [7, 11) is 0. The molecule has 0 saturated carbocycles. The minimum absolute atomic E-state index is 0.0364. The summed E-state index contributed by atoms with van der Waals surface area (Å²) in [5.41, 5.74) is 3.50. The van der Waals surface area contributed by atoms with Crippen molar-refractivity contribution in [3.63, 3.8) is 0 Å². The van der Waals surface area contributed by atoms with E-state index < -0.39 is 0 Å². The van der Waals surface area contributed by atoms with E-state index in [1.54, 1.807) is 6.33 Å². The van der Waals surface area contributed by atoms with Gasteiger partial charge in [0.25, 0.3) is 0 Å².